The summed E-state index contributed by atoms with van der Waals surface area (Å²) in [5.41, 5.74) is 0. The number of aromatic nitrogens is 3. The van der Waals surface area contributed by atoms with E-state index < -0.39 is 0 Å². The fraction of sp³-hybridized carbons (Fsp3) is 0.182. The zero-order valence-corrected chi connectivity index (χ0v) is 9.74. The maximum atomic E-state index is 4.21. The lowest BCUT2D eigenvalue weighted by Gasteiger charge is -2.03. The molecule has 0 unspecified atom stereocenters. The van der Waals surface area contributed by atoms with E-state index >= 15 is 0 Å². The van der Waals surface area contributed by atoms with E-state index in [4.69, 9.17) is 0 Å². The summed E-state index contributed by atoms with van der Waals surface area (Å²) in [4.78, 5) is 13.6. The predicted molar refractivity (Wildman–Crippen MR) is 64.6 cm³/mol. The van der Waals surface area contributed by atoms with Crippen LogP contribution in [0.2, 0.25) is 0 Å². The van der Waals surface area contributed by atoms with Crippen molar-refractivity contribution in [1.82, 2.24) is 15.0 Å². The van der Waals surface area contributed by atoms with E-state index in [0.717, 1.165) is 22.4 Å². The Morgan fingerprint density at radius 2 is 2.00 bits per heavy atom. The molecule has 0 aromatic carbocycles. The first-order valence-corrected chi connectivity index (χ1v) is 5.85. The Morgan fingerprint density at radius 1 is 1.19 bits per heavy atom. The van der Waals surface area contributed by atoms with Gasteiger partial charge in [-0.3, -0.25) is 0 Å². The monoisotopic (exact) mass is 232 g/mol. The first-order valence-electron chi connectivity index (χ1n) is 5.03. The molecular weight excluding hydrogens is 220 g/mol. The molecule has 0 bridgehead atoms. The van der Waals surface area contributed by atoms with Gasteiger partial charge in [-0.05, 0) is 36.9 Å². The summed E-state index contributed by atoms with van der Waals surface area (Å²) >= 11 is 1.53. The molecule has 82 valence electrons. The minimum absolute atomic E-state index is 0.746. The smallest absolute Gasteiger partial charge is 0.192 e. The molecule has 5 heteroatoms. The standard InChI is InChI=1S/C11H12N4S/c1-2-12-10-8-9(4-7-13-10)16-11-14-5-3-6-15-11/h3-8H,2H2,1H3,(H,12,13). The average molecular weight is 232 g/mol. The topological polar surface area (TPSA) is 50.7 Å². The van der Waals surface area contributed by atoms with Crippen molar-refractivity contribution in [3.8, 4) is 0 Å². The Labute approximate surface area is 98.6 Å². The third kappa shape index (κ3) is 2.93. The van der Waals surface area contributed by atoms with Crippen LogP contribution in [0.15, 0.2) is 46.8 Å². The van der Waals surface area contributed by atoms with Gasteiger partial charge in [-0.1, -0.05) is 0 Å². The number of nitrogens with zero attached hydrogens (tertiary/aromatic N) is 3. The van der Waals surface area contributed by atoms with Crippen LogP contribution in [0.4, 0.5) is 5.82 Å². The SMILES string of the molecule is CCNc1cc(Sc2ncccn2)ccn1. The molecule has 0 aliphatic heterocycles. The molecule has 1 N–H and O–H groups in total. The largest absolute Gasteiger partial charge is 0.370 e. The van der Waals surface area contributed by atoms with E-state index in [1.165, 1.54) is 11.8 Å². The Kier molecular flexibility index (Phi) is 3.71. The molecule has 2 aromatic rings. The van der Waals surface area contributed by atoms with Crippen LogP contribution in [-0.2, 0) is 0 Å². The third-order valence-corrected chi connectivity index (χ3v) is 2.72. The van der Waals surface area contributed by atoms with Crippen molar-refractivity contribution in [3.05, 3.63) is 36.8 Å². The van der Waals surface area contributed by atoms with Gasteiger partial charge >= 0.3 is 0 Å². The second-order valence-corrected chi connectivity index (χ2v) is 4.08. The van der Waals surface area contributed by atoms with Crippen LogP contribution in [0.1, 0.15) is 6.92 Å². The van der Waals surface area contributed by atoms with Crippen molar-refractivity contribution in [2.24, 2.45) is 0 Å². The summed E-state index contributed by atoms with van der Waals surface area (Å²) in [5, 5.41) is 3.91. The Hall–Kier alpha value is -1.62. The van der Waals surface area contributed by atoms with E-state index in [0.29, 0.717) is 0 Å². The van der Waals surface area contributed by atoms with Crippen molar-refractivity contribution in [1.29, 1.82) is 0 Å². The summed E-state index contributed by atoms with van der Waals surface area (Å²) in [6.07, 6.45) is 5.26. The van der Waals surface area contributed by atoms with E-state index in [2.05, 4.69) is 20.3 Å². The van der Waals surface area contributed by atoms with Crippen LogP contribution >= 0.6 is 11.8 Å². The fourth-order valence-corrected chi connectivity index (χ4v) is 1.93. The first-order chi connectivity index (χ1) is 7.88. The Bertz CT molecular complexity index is 447. The van der Waals surface area contributed by atoms with Gasteiger partial charge in [0.25, 0.3) is 0 Å². The fourth-order valence-electron chi connectivity index (χ4n) is 1.20. The summed E-state index contributed by atoms with van der Waals surface area (Å²) in [5.74, 6) is 0.878. The average Bonchev–Trinajstić information content (AvgIpc) is 2.31. The van der Waals surface area contributed by atoms with E-state index in [-0.39, 0.29) is 0 Å². The molecule has 4 nitrogen and oxygen atoms in total. The molecule has 0 radical (unpaired) electrons. The van der Waals surface area contributed by atoms with Gasteiger partial charge in [-0.2, -0.15) is 0 Å². The number of anilines is 1. The zero-order chi connectivity index (χ0) is 11.2. The van der Waals surface area contributed by atoms with Crippen molar-refractivity contribution < 1.29 is 0 Å². The highest BCUT2D eigenvalue weighted by molar-refractivity contribution is 7.99. The summed E-state index contributed by atoms with van der Waals surface area (Å²) in [6, 6.07) is 5.74. The molecule has 2 rings (SSSR count). The second-order valence-electron chi connectivity index (χ2n) is 3.04. The van der Waals surface area contributed by atoms with Crippen LogP contribution in [0.3, 0.4) is 0 Å². The number of nitrogens with one attached hydrogen (secondary N) is 1. The lowest BCUT2D eigenvalue weighted by Crippen LogP contribution is -1.98. The van der Waals surface area contributed by atoms with Crippen LogP contribution < -0.4 is 5.32 Å². The van der Waals surface area contributed by atoms with Gasteiger partial charge in [0.05, 0.1) is 0 Å². The van der Waals surface area contributed by atoms with Crippen molar-refractivity contribution in [2.75, 3.05) is 11.9 Å². The summed E-state index contributed by atoms with van der Waals surface area (Å²) in [6.45, 7) is 2.91. The second kappa shape index (κ2) is 5.46. The molecule has 0 fully saturated rings. The van der Waals surface area contributed by atoms with E-state index in [1.807, 2.05) is 19.1 Å². The molecule has 16 heavy (non-hydrogen) atoms. The lowest BCUT2D eigenvalue weighted by atomic mass is 10.4. The molecule has 0 aliphatic rings. The Morgan fingerprint density at radius 3 is 2.75 bits per heavy atom. The van der Waals surface area contributed by atoms with E-state index in [9.17, 15) is 0 Å². The highest BCUT2D eigenvalue weighted by Crippen LogP contribution is 2.24. The molecule has 0 aliphatic carbocycles. The first kappa shape index (κ1) is 10.9. The van der Waals surface area contributed by atoms with Gasteiger partial charge in [-0.25, -0.2) is 15.0 Å². The van der Waals surface area contributed by atoms with Crippen molar-refractivity contribution in [3.63, 3.8) is 0 Å². The number of hydrogen-bond acceptors (Lipinski definition) is 5. The van der Waals surface area contributed by atoms with Gasteiger partial charge in [0.1, 0.15) is 5.82 Å². The molecule has 0 saturated heterocycles. The summed E-state index contributed by atoms with van der Waals surface area (Å²) in [7, 11) is 0. The number of pyridine rings is 1. The van der Waals surface area contributed by atoms with Crippen LogP contribution in [-0.4, -0.2) is 21.5 Å². The van der Waals surface area contributed by atoms with E-state index in [1.54, 1.807) is 24.7 Å². The highest BCUT2D eigenvalue weighted by Gasteiger charge is 2.00. The van der Waals surface area contributed by atoms with Crippen molar-refractivity contribution in [2.45, 2.75) is 17.0 Å². The molecule has 0 atom stereocenters. The molecule has 0 saturated carbocycles. The van der Waals surface area contributed by atoms with Crippen LogP contribution in [0.5, 0.6) is 0 Å². The molecular formula is C11H12N4S. The number of hydrogen-bond donors (Lipinski definition) is 1. The van der Waals surface area contributed by atoms with Gasteiger partial charge in [0, 0.05) is 30.0 Å². The minimum atomic E-state index is 0.746. The lowest BCUT2D eigenvalue weighted by molar-refractivity contribution is 0.966. The van der Waals surface area contributed by atoms with Crippen LogP contribution in [0, 0.1) is 0 Å². The van der Waals surface area contributed by atoms with Gasteiger partial charge in [0.2, 0.25) is 0 Å². The van der Waals surface area contributed by atoms with Gasteiger partial charge in [0.15, 0.2) is 5.16 Å². The zero-order valence-electron chi connectivity index (χ0n) is 8.92. The minimum Gasteiger partial charge on any atom is -0.370 e. The maximum absolute atomic E-state index is 4.21. The highest BCUT2D eigenvalue weighted by atomic mass is 32.2. The van der Waals surface area contributed by atoms with Crippen LogP contribution in [0.25, 0.3) is 0 Å². The summed E-state index contributed by atoms with van der Waals surface area (Å²) < 4.78 is 0. The predicted octanol–water partition coefficient (Wildman–Crippen LogP) is 2.45. The third-order valence-electron chi connectivity index (χ3n) is 1.84. The van der Waals surface area contributed by atoms with Gasteiger partial charge in [-0.15, -0.1) is 0 Å². The number of rotatable bonds is 4. The molecule has 2 heterocycles. The quantitative estimate of drug-likeness (QED) is 0.821. The maximum Gasteiger partial charge on any atom is 0.192 e. The normalized spacial score (nSPS) is 10.1. The van der Waals surface area contributed by atoms with Gasteiger partial charge < -0.3 is 5.32 Å². The molecule has 0 spiro atoms. The Balaban J connectivity index is 2.12. The molecule has 2 aromatic heterocycles. The molecule has 0 amide bonds. The van der Waals surface area contributed by atoms with Crippen molar-refractivity contribution >= 4 is 17.6 Å².